The molecule has 3 aliphatic rings. The molecule has 3 aromatic rings. The molecule has 2 saturated heterocycles. The number of rotatable bonds is 4. The molecule has 0 bridgehead atoms. The van der Waals surface area contributed by atoms with Gasteiger partial charge in [-0.3, -0.25) is 9.56 Å². The van der Waals surface area contributed by atoms with Crippen LogP contribution in [-0.4, -0.2) is 52.5 Å². The lowest BCUT2D eigenvalue weighted by molar-refractivity contribution is 0.191. The van der Waals surface area contributed by atoms with E-state index in [0.29, 0.717) is 12.0 Å². The second-order valence-electron chi connectivity index (χ2n) is 9.66. The van der Waals surface area contributed by atoms with E-state index in [2.05, 4.69) is 15.2 Å². The molecule has 2 N–H and O–H groups in total. The van der Waals surface area contributed by atoms with Gasteiger partial charge >= 0.3 is 5.69 Å². The lowest BCUT2D eigenvalue weighted by Crippen LogP contribution is -2.38. The van der Waals surface area contributed by atoms with E-state index in [9.17, 15) is 9.18 Å². The number of aromatic nitrogens is 2. The van der Waals surface area contributed by atoms with Crippen molar-refractivity contribution in [1.29, 1.82) is 0 Å². The first kappa shape index (κ1) is 20.7. The first-order chi connectivity index (χ1) is 16.2. The maximum absolute atomic E-state index is 13.6. The van der Waals surface area contributed by atoms with Crippen LogP contribution in [0.15, 0.2) is 52.3 Å². The quantitative estimate of drug-likeness (QED) is 0.642. The zero-order valence-corrected chi connectivity index (χ0v) is 18.8. The van der Waals surface area contributed by atoms with Gasteiger partial charge in [-0.05, 0) is 61.1 Å². The SMILES string of the molecule is O=c1[nH]c2ccccc2n1C1CCN(CCN=C2C[C@H]3c4ccc(F)cc4CC[C@H]3N2)CC1. The van der Waals surface area contributed by atoms with E-state index in [0.717, 1.165) is 80.7 Å². The van der Waals surface area contributed by atoms with Crippen LogP contribution in [-0.2, 0) is 6.42 Å². The van der Waals surface area contributed by atoms with Gasteiger partial charge in [0.2, 0.25) is 0 Å². The van der Waals surface area contributed by atoms with Crippen molar-refractivity contribution >= 4 is 16.9 Å². The Morgan fingerprint density at radius 1 is 1.09 bits per heavy atom. The van der Waals surface area contributed by atoms with Crippen molar-refractivity contribution in [1.82, 2.24) is 19.8 Å². The summed E-state index contributed by atoms with van der Waals surface area (Å²) < 4.78 is 15.5. The number of benzene rings is 2. The molecule has 7 heteroatoms. The van der Waals surface area contributed by atoms with Crippen molar-refractivity contribution in [3.05, 3.63) is 69.9 Å². The van der Waals surface area contributed by atoms with Gasteiger partial charge < -0.3 is 15.2 Å². The van der Waals surface area contributed by atoms with Gasteiger partial charge in [-0.1, -0.05) is 18.2 Å². The predicted octanol–water partition coefficient (Wildman–Crippen LogP) is 3.60. The van der Waals surface area contributed by atoms with Crippen molar-refractivity contribution in [3.63, 3.8) is 0 Å². The van der Waals surface area contributed by atoms with Crippen LogP contribution in [0.4, 0.5) is 4.39 Å². The fraction of sp³-hybridized carbons (Fsp3) is 0.462. The third kappa shape index (κ3) is 3.88. The first-order valence-corrected chi connectivity index (χ1v) is 12.2. The number of piperidine rings is 1. The number of amidine groups is 1. The summed E-state index contributed by atoms with van der Waals surface area (Å²) in [6, 6.07) is 13.9. The summed E-state index contributed by atoms with van der Waals surface area (Å²) in [6.07, 6.45) is 4.86. The summed E-state index contributed by atoms with van der Waals surface area (Å²) in [7, 11) is 0. The van der Waals surface area contributed by atoms with E-state index in [1.807, 2.05) is 34.9 Å². The van der Waals surface area contributed by atoms with Gasteiger partial charge in [-0.15, -0.1) is 0 Å². The third-order valence-electron chi connectivity index (χ3n) is 7.75. The normalized spacial score (nSPS) is 24.7. The van der Waals surface area contributed by atoms with Crippen LogP contribution in [0.2, 0.25) is 0 Å². The summed E-state index contributed by atoms with van der Waals surface area (Å²) in [6.45, 7) is 3.70. The number of hydrogen-bond acceptors (Lipinski definition) is 3. The number of para-hydroxylation sites is 2. The van der Waals surface area contributed by atoms with E-state index in [4.69, 9.17) is 4.99 Å². The van der Waals surface area contributed by atoms with Crippen LogP contribution < -0.4 is 11.0 Å². The van der Waals surface area contributed by atoms with Gasteiger partial charge in [0, 0.05) is 44.1 Å². The molecule has 0 radical (unpaired) electrons. The summed E-state index contributed by atoms with van der Waals surface area (Å²) >= 11 is 0. The largest absolute Gasteiger partial charge is 0.370 e. The molecule has 2 atom stereocenters. The maximum atomic E-state index is 13.6. The third-order valence-corrected chi connectivity index (χ3v) is 7.75. The molecule has 2 aromatic carbocycles. The standard InChI is InChI=1S/C26H30FN5O/c27-18-6-7-20-17(15-18)5-8-22-21(20)16-25(29-22)28-11-14-31-12-9-19(10-13-31)32-24-4-2-1-3-23(24)30-26(32)33/h1-4,6-7,15,19,21-22H,5,8-14,16H2,(H,28,29)(H,30,33)/t21-,22+/m0/s1. The molecule has 172 valence electrons. The van der Waals surface area contributed by atoms with E-state index in [1.54, 1.807) is 12.1 Å². The van der Waals surface area contributed by atoms with E-state index >= 15 is 0 Å². The molecular weight excluding hydrogens is 417 g/mol. The molecule has 2 fully saturated rings. The molecule has 0 saturated carbocycles. The van der Waals surface area contributed by atoms with Crippen LogP contribution >= 0.6 is 0 Å². The molecule has 0 amide bonds. The van der Waals surface area contributed by atoms with Gasteiger partial charge in [0.25, 0.3) is 0 Å². The number of nitrogens with one attached hydrogen (secondary N) is 2. The summed E-state index contributed by atoms with van der Waals surface area (Å²) in [5, 5.41) is 3.63. The molecule has 33 heavy (non-hydrogen) atoms. The number of imidazole rings is 1. The summed E-state index contributed by atoms with van der Waals surface area (Å²) in [5.74, 6) is 1.38. The van der Waals surface area contributed by atoms with Crippen LogP contribution in [0.3, 0.4) is 0 Å². The van der Waals surface area contributed by atoms with E-state index in [1.165, 1.54) is 5.56 Å². The molecule has 1 aliphatic carbocycles. The smallest absolute Gasteiger partial charge is 0.326 e. The van der Waals surface area contributed by atoms with E-state index in [-0.39, 0.29) is 17.5 Å². The molecule has 6 nitrogen and oxygen atoms in total. The Labute approximate surface area is 192 Å². The van der Waals surface area contributed by atoms with Crippen molar-refractivity contribution in [2.24, 2.45) is 4.99 Å². The number of likely N-dealkylation sites (tertiary alicyclic amines) is 1. The minimum Gasteiger partial charge on any atom is -0.370 e. The number of H-pyrrole nitrogens is 1. The summed E-state index contributed by atoms with van der Waals surface area (Å²) in [4.78, 5) is 22.8. The Kier molecular flexibility index (Phi) is 5.29. The number of fused-ring (bicyclic) bond motifs is 4. The predicted molar refractivity (Wildman–Crippen MR) is 129 cm³/mol. The first-order valence-electron chi connectivity index (χ1n) is 12.2. The topological polar surface area (TPSA) is 65.4 Å². The monoisotopic (exact) mass is 447 g/mol. The van der Waals surface area contributed by atoms with E-state index < -0.39 is 0 Å². The highest BCUT2D eigenvalue weighted by atomic mass is 19.1. The molecular formula is C26H30FN5O. The van der Waals surface area contributed by atoms with Crippen molar-refractivity contribution in [2.45, 2.75) is 50.1 Å². The molecule has 0 unspecified atom stereocenters. The van der Waals surface area contributed by atoms with Crippen LogP contribution in [0.5, 0.6) is 0 Å². The van der Waals surface area contributed by atoms with Crippen molar-refractivity contribution in [3.8, 4) is 0 Å². The molecule has 3 heterocycles. The molecule has 1 aromatic heterocycles. The Bertz CT molecular complexity index is 1250. The lowest BCUT2D eigenvalue weighted by Gasteiger charge is -2.32. The van der Waals surface area contributed by atoms with Crippen molar-refractivity contribution in [2.75, 3.05) is 26.2 Å². The van der Waals surface area contributed by atoms with Gasteiger partial charge in [-0.2, -0.15) is 0 Å². The summed E-state index contributed by atoms with van der Waals surface area (Å²) in [5.41, 5.74) is 4.37. The average Bonchev–Trinajstić information content (AvgIpc) is 3.39. The van der Waals surface area contributed by atoms with Crippen molar-refractivity contribution < 1.29 is 4.39 Å². The fourth-order valence-electron chi connectivity index (χ4n) is 6.06. The number of aromatic amines is 1. The van der Waals surface area contributed by atoms with Crippen LogP contribution in [0.25, 0.3) is 11.0 Å². The average molecular weight is 448 g/mol. The highest BCUT2D eigenvalue weighted by Gasteiger charge is 2.36. The number of aryl methyl sites for hydroxylation is 1. The minimum atomic E-state index is -0.134. The maximum Gasteiger partial charge on any atom is 0.326 e. The second-order valence-corrected chi connectivity index (χ2v) is 9.66. The fourth-order valence-corrected chi connectivity index (χ4v) is 6.06. The number of halogens is 1. The Morgan fingerprint density at radius 2 is 1.94 bits per heavy atom. The number of aliphatic imine (C=N–C) groups is 1. The highest BCUT2D eigenvalue weighted by Crippen LogP contribution is 2.38. The van der Waals surface area contributed by atoms with Gasteiger partial charge in [0.1, 0.15) is 5.82 Å². The number of hydrogen-bond donors (Lipinski definition) is 2. The van der Waals surface area contributed by atoms with Crippen LogP contribution in [0, 0.1) is 5.82 Å². The zero-order chi connectivity index (χ0) is 22.4. The molecule has 6 rings (SSSR count). The highest BCUT2D eigenvalue weighted by molar-refractivity contribution is 5.86. The Hall–Kier alpha value is -2.93. The van der Waals surface area contributed by atoms with Gasteiger partial charge in [0.15, 0.2) is 0 Å². The molecule has 0 spiro atoms. The lowest BCUT2D eigenvalue weighted by atomic mass is 9.80. The number of nitrogens with zero attached hydrogens (tertiary/aromatic N) is 3. The minimum absolute atomic E-state index is 0.000799. The molecule has 2 aliphatic heterocycles. The zero-order valence-electron chi connectivity index (χ0n) is 18.8. The van der Waals surface area contributed by atoms with Crippen LogP contribution in [0.1, 0.15) is 48.8 Å². The Balaban J connectivity index is 1.04. The second kappa shape index (κ2) is 8.45. The Morgan fingerprint density at radius 3 is 2.82 bits per heavy atom. The van der Waals surface area contributed by atoms with Gasteiger partial charge in [-0.25, -0.2) is 9.18 Å². The van der Waals surface area contributed by atoms with Gasteiger partial charge in [0.05, 0.1) is 23.4 Å².